The van der Waals surface area contributed by atoms with Crippen LogP contribution in [0.15, 0.2) is 54.1 Å². The number of nitrogens with one attached hydrogen (secondary N) is 1. The fraction of sp³-hybridized carbons (Fsp3) is 0.375. The van der Waals surface area contributed by atoms with Crippen molar-refractivity contribution in [2.24, 2.45) is 0 Å². The minimum atomic E-state index is -5.78. The van der Waals surface area contributed by atoms with Gasteiger partial charge in [-0.2, -0.15) is 21.6 Å². The third-order valence-corrected chi connectivity index (χ3v) is 6.62. The standard InChI is InChI=1S/C24H27F3N2O4S/c1-3-29(4-2)23(30)19-10-8-17(9-11-19)22(18-12-14-28-15-13-18)20-6-5-7-21(16-20)33-34(31,32)24(25,26)27/h5-11,16,28H,3-4,12-15H2,1-2H3. The van der Waals surface area contributed by atoms with Gasteiger partial charge in [0.2, 0.25) is 0 Å². The minimum Gasteiger partial charge on any atom is -0.376 e. The lowest BCUT2D eigenvalue weighted by Crippen LogP contribution is -2.30. The van der Waals surface area contributed by atoms with Gasteiger partial charge in [-0.25, -0.2) is 0 Å². The van der Waals surface area contributed by atoms with E-state index in [1.807, 2.05) is 13.8 Å². The van der Waals surface area contributed by atoms with E-state index in [1.54, 1.807) is 35.2 Å². The van der Waals surface area contributed by atoms with Crippen molar-refractivity contribution in [1.29, 1.82) is 0 Å². The molecule has 3 rings (SSSR count). The molecule has 10 heteroatoms. The summed E-state index contributed by atoms with van der Waals surface area (Å²) in [7, 11) is -5.78. The summed E-state index contributed by atoms with van der Waals surface area (Å²) in [6.45, 7) is 6.49. The number of piperidine rings is 1. The molecule has 0 radical (unpaired) electrons. The van der Waals surface area contributed by atoms with E-state index in [1.165, 1.54) is 18.2 Å². The van der Waals surface area contributed by atoms with Crippen LogP contribution in [-0.2, 0) is 10.1 Å². The molecule has 1 aliphatic heterocycles. The Morgan fingerprint density at radius 2 is 1.56 bits per heavy atom. The third kappa shape index (κ3) is 5.79. The molecule has 184 valence electrons. The highest BCUT2D eigenvalue weighted by molar-refractivity contribution is 7.88. The van der Waals surface area contributed by atoms with Crippen LogP contribution in [0.4, 0.5) is 13.2 Å². The first kappa shape index (κ1) is 25.8. The normalized spacial score (nSPS) is 14.6. The van der Waals surface area contributed by atoms with Crippen LogP contribution in [0.1, 0.15) is 48.2 Å². The van der Waals surface area contributed by atoms with Crippen molar-refractivity contribution in [3.63, 3.8) is 0 Å². The number of amides is 1. The van der Waals surface area contributed by atoms with Gasteiger partial charge in [-0.3, -0.25) is 4.79 Å². The molecule has 1 amide bonds. The zero-order valence-corrected chi connectivity index (χ0v) is 19.8. The highest BCUT2D eigenvalue weighted by atomic mass is 32.2. The fourth-order valence-electron chi connectivity index (χ4n) is 3.90. The topological polar surface area (TPSA) is 75.7 Å². The van der Waals surface area contributed by atoms with Crippen molar-refractivity contribution in [2.45, 2.75) is 32.2 Å². The monoisotopic (exact) mass is 496 g/mol. The molecule has 0 unspecified atom stereocenters. The predicted octanol–water partition coefficient (Wildman–Crippen LogP) is 4.58. The van der Waals surface area contributed by atoms with Crippen LogP contribution in [0.3, 0.4) is 0 Å². The Balaban J connectivity index is 2.02. The van der Waals surface area contributed by atoms with Crippen molar-refractivity contribution in [3.8, 4) is 5.75 Å². The van der Waals surface area contributed by atoms with Gasteiger partial charge in [0.15, 0.2) is 0 Å². The number of benzene rings is 2. The Labute approximate surface area is 197 Å². The largest absolute Gasteiger partial charge is 0.534 e. The highest BCUT2D eigenvalue weighted by Crippen LogP contribution is 2.34. The van der Waals surface area contributed by atoms with Gasteiger partial charge in [0.25, 0.3) is 5.91 Å². The number of hydrogen-bond acceptors (Lipinski definition) is 5. The quantitative estimate of drug-likeness (QED) is 0.449. The second-order valence-corrected chi connectivity index (χ2v) is 9.33. The predicted molar refractivity (Wildman–Crippen MR) is 124 cm³/mol. The molecule has 1 saturated heterocycles. The number of hydrogen-bond donors (Lipinski definition) is 1. The average molecular weight is 497 g/mol. The summed E-state index contributed by atoms with van der Waals surface area (Å²) in [5.41, 5.74) is -1.79. The van der Waals surface area contributed by atoms with Crippen LogP contribution in [-0.4, -0.2) is 50.9 Å². The molecule has 0 saturated carbocycles. The highest BCUT2D eigenvalue weighted by Gasteiger charge is 2.48. The molecular formula is C24H27F3N2O4S. The number of halogens is 3. The van der Waals surface area contributed by atoms with E-state index in [2.05, 4.69) is 9.50 Å². The molecule has 34 heavy (non-hydrogen) atoms. The molecule has 0 bridgehead atoms. The molecule has 0 aliphatic carbocycles. The second kappa shape index (κ2) is 10.6. The van der Waals surface area contributed by atoms with Crippen molar-refractivity contribution in [2.75, 3.05) is 26.2 Å². The number of nitrogens with zero attached hydrogens (tertiary/aromatic N) is 1. The van der Waals surface area contributed by atoms with E-state index in [4.69, 9.17) is 0 Å². The lowest BCUT2D eigenvalue weighted by Gasteiger charge is -2.22. The van der Waals surface area contributed by atoms with E-state index in [9.17, 15) is 26.4 Å². The third-order valence-electron chi connectivity index (χ3n) is 5.64. The van der Waals surface area contributed by atoms with Crippen LogP contribution < -0.4 is 9.50 Å². The van der Waals surface area contributed by atoms with Crippen LogP contribution in [0, 0.1) is 0 Å². The van der Waals surface area contributed by atoms with Crippen molar-refractivity contribution < 1.29 is 30.6 Å². The van der Waals surface area contributed by atoms with Gasteiger partial charge in [-0.15, -0.1) is 0 Å². The van der Waals surface area contributed by atoms with Gasteiger partial charge < -0.3 is 14.4 Å². The average Bonchev–Trinajstić information content (AvgIpc) is 2.80. The summed E-state index contributed by atoms with van der Waals surface area (Å²) >= 11 is 0. The Kier molecular flexibility index (Phi) is 8.04. The number of carbonyl (C=O) groups is 1. The zero-order valence-electron chi connectivity index (χ0n) is 19.0. The lowest BCUT2D eigenvalue weighted by molar-refractivity contribution is -0.0500. The molecule has 2 aromatic rings. The van der Waals surface area contributed by atoms with Crippen molar-refractivity contribution in [1.82, 2.24) is 10.2 Å². The number of rotatable bonds is 7. The molecule has 0 aromatic heterocycles. The van der Waals surface area contributed by atoms with Crippen LogP contribution in [0.5, 0.6) is 5.75 Å². The van der Waals surface area contributed by atoms with Gasteiger partial charge >= 0.3 is 15.6 Å². The first-order valence-corrected chi connectivity index (χ1v) is 12.4. The molecule has 1 aliphatic rings. The second-order valence-electron chi connectivity index (χ2n) is 7.79. The molecule has 0 spiro atoms. The van der Waals surface area contributed by atoms with E-state index in [0.717, 1.165) is 42.6 Å². The maximum absolute atomic E-state index is 12.8. The van der Waals surface area contributed by atoms with E-state index < -0.39 is 21.4 Å². The van der Waals surface area contributed by atoms with Crippen molar-refractivity contribution in [3.05, 3.63) is 70.8 Å². The Morgan fingerprint density at radius 1 is 0.971 bits per heavy atom. The molecule has 1 fully saturated rings. The molecule has 2 aromatic carbocycles. The smallest absolute Gasteiger partial charge is 0.376 e. The number of carbonyl (C=O) groups excluding carboxylic acids is 1. The maximum atomic E-state index is 12.8. The summed E-state index contributed by atoms with van der Waals surface area (Å²) in [5.74, 6) is -0.504. The SMILES string of the molecule is CCN(CC)C(=O)c1ccc(C(=C2CCNCC2)c2cccc(OS(=O)(=O)C(F)(F)F)c2)cc1. The Morgan fingerprint density at radius 3 is 2.12 bits per heavy atom. The molecule has 6 nitrogen and oxygen atoms in total. The van der Waals surface area contributed by atoms with E-state index in [0.29, 0.717) is 24.2 Å². The van der Waals surface area contributed by atoms with Crippen molar-refractivity contribution >= 4 is 21.6 Å². The zero-order chi connectivity index (χ0) is 24.9. The fourth-order valence-corrected chi connectivity index (χ4v) is 4.36. The maximum Gasteiger partial charge on any atom is 0.534 e. The van der Waals surface area contributed by atoms with E-state index >= 15 is 0 Å². The van der Waals surface area contributed by atoms with Gasteiger partial charge in [0.1, 0.15) is 5.75 Å². The van der Waals surface area contributed by atoms with Gasteiger partial charge in [-0.05, 0) is 80.7 Å². The lowest BCUT2D eigenvalue weighted by atomic mass is 9.88. The molecule has 0 atom stereocenters. The van der Waals surface area contributed by atoms with Gasteiger partial charge in [-0.1, -0.05) is 29.8 Å². The Bertz CT molecular complexity index is 1150. The summed E-state index contributed by atoms with van der Waals surface area (Å²) in [4.78, 5) is 14.4. The molecular weight excluding hydrogens is 469 g/mol. The summed E-state index contributed by atoms with van der Waals surface area (Å²) in [6, 6.07) is 12.7. The van der Waals surface area contributed by atoms with Crippen LogP contribution in [0.25, 0.3) is 5.57 Å². The van der Waals surface area contributed by atoms with Crippen LogP contribution in [0.2, 0.25) is 0 Å². The van der Waals surface area contributed by atoms with Gasteiger partial charge in [0.05, 0.1) is 0 Å². The number of alkyl halides is 3. The first-order chi connectivity index (χ1) is 16.1. The minimum absolute atomic E-state index is 0.0830. The summed E-state index contributed by atoms with van der Waals surface area (Å²) in [5, 5.41) is 3.27. The van der Waals surface area contributed by atoms with Crippen LogP contribution >= 0.6 is 0 Å². The molecule has 1 N–H and O–H groups in total. The van der Waals surface area contributed by atoms with Gasteiger partial charge in [0, 0.05) is 18.7 Å². The summed E-state index contributed by atoms with van der Waals surface area (Å²) < 4.78 is 65.7. The first-order valence-electron chi connectivity index (χ1n) is 11.0. The Hall–Kier alpha value is -2.85. The molecule has 1 heterocycles. The van der Waals surface area contributed by atoms with E-state index in [-0.39, 0.29) is 5.91 Å². The summed E-state index contributed by atoms with van der Waals surface area (Å²) in [6.07, 6.45) is 1.45.